The molecular formula is C13H15N3O2. The van der Waals surface area contributed by atoms with E-state index in [1.165, 1.54) is 10.9 Å². The third-order valence-corrected chi connectivity index (χ3v) is 2.99. The Morgan fingerprint density at radius 3 is 2.78 bits per heavy atom. The molecule has 5 heteroatoms. The molecule has 1 unspecified atom stereocenters. The summed E-state index contributed by atoms with van der Waals surface area (Å²) in [5.41, 5.74) is 0.716. The summed E-state index contributed by atoms with van der Waals surface area (Å²) in [5.74, 6) is 0.190. The van der Waals surface area contributed by atoms with Gasteiger partial charge in [0.25, 0.3) is 0 Å². The number of carbonyl (C=O) groups is 1. The summed E-state index contributed by atoms with van der Waals surface area (Å²) in [5, 5.41) is 9.79. The van der Waals surface area contributed by atoms with Crippen molar-refractivity contribution in [1.29, 1.82) is 0 Å². The number of phenolic OH excluding ortho intramolecular Hbond substituents is 1. The Morgan fingerprint density at radius 1 is 1.44 bits per heavy atom. The Labute approximate surface area is 105 Å². The molecule has 2 aromatic rings. The number of aromatic hydroxyl groups is 1. The predicted octanol–water partition coefficient (Wildman–Crippen LogP) is 2.25. The number of hydrogen-bond acceptors (Lipinski definition) is 3. The topological polar surface area (TPSA) is 58.4 Å². The van der Waals surface area contributed by atoms with Crippen molar-refractivity contribution in [3.63, 3.8) is 0 Å². The van der Waals surface area contributed by atoms with Crippen molar-refractivity contribution in [2.75, 3.05) is 7.05 Å². The highest BCUT2D eigenvalue weighted by Gasteiger charge is 2.20. The highest BCUT2D eigenvalue weighted by molar-refractivity contribution is 5.76. The van der Waals surface area contributed by atoms with Crippen LogP contribution in [0.3, 0.4) is 0 Å². The molecule has 0 saturated heterocycles. The maximum atomic E-state index is 12.1. The average molecular weight is 245 g/mol. The second-order valence-electron chi connectivity index (χ2n) is 4.10. The molecule has 0 aliphatic rings. The fourth-order valence-electron chi connectivity index (χ4n) is 1.77. The van der Waals surface area contributed by atoms with E-state index < -0.39 is 0 Å². The van der Waals surface area contributed by atoms with Crippen LogP contribution in [0.2, 0.25) is 0 Å². The SMILES string of the molecule is CC(c1ccccc1O)N(C)C(=O)n1ccnc1. The van der Waals surface area contributed by atoms with E-state index >= 15 is 0 Å². The number of para-hydroxylation sites is 1. The van der Waals surface area contributed by atoms with Crippen LogP contribution >= 0.6 is 0 Å². The van der Waals surface area contributed by atoms with Gasteiger partial charge in [-0.3, -0.25) is 4.57 Å². The largest absolute Gasteiger partial charge is 0.508 e. The number of phenols is 1. The van der Waals surface area contributed by atoms with Crippen LogP contribution in [0.15, 0.2) is 43.0 Å². The Morgan fingerprint density at radius 2 is 2.17 bits per heavy atom. The summed E-state index contributed by atoms with van der Waals surface area (Å²) in [7, 11) is 1.69. The molecule has 1 atom stereocenters. The van der Waals surface area contributed by atoms with E-state index in [1.807, 2.05) is 13.0 Å². The first-order valence-corrected chi connectivity index (χ1v) is 5.64. The second-order valence-corrected chi connectivity index (χ2v) is 4.10. The molecule has 1 N–H and O–H groups in total. The third kappa shape index (κ3) is 2.20. The van der Waals surface area contributed by atoms with Crippen LogP contribution in [-0.4, -0.2) is 32.6 Å². The van der Waals surface area contributed by atoms with Gasteiger partial charge in [-0.2, -0.15) is 0 Å². The van der Waals surface area contributed by atoms with Crippen molar-refractivity contribution in [2.24, 2.45) is 0 Å². The lowest BCUT2D eigenvalue weighted by Gasteiger charge is -2.25. The van der Waals surface area contributed by atoms with Gasteiger partial charge >= 0.3 is 6.03 Å². The lowest BCUT2D eigenvalue weighted by Crippen LogP contribution is -2.32. The normalized spacial score (nSPS) is 12.1. The quantitative estimate of drug-likeness (QED) is 0.882. The molecule has 1 amide bonds. The first-order chi connectivity index (χ1) is 8.61. The van der Waals surface area contributed by atoms with E-state index in [4.69, 9.17) is 0 Å². The molecule has 0 aliphatic carbocycles. The van der Waals surface area contributed by atoms with Gasteiger partial charge in [0.05, 0.1) is 6.04 Å². The zero-order valence-electron chi connectivity index (χ0n) is 10.3. The number of nitrogens with zero attached hydrogens (tertiary/aromatic N) is 3. The van der Waals surface area contributed by atoms with Gasteiger partial charge in [-0.1, -0.05) is 18.2 Å². The summed E-state index contributed by atoms with van der Waals surface area (Å²) in [6.07, 6.45) is 4.60. The summed E-state index contributed by atoms with van der Waals surface area (Å²) in [6, 6.07) is 6.59. The molecule has 18 heavy (non-hydrogen) atoms. The maximum absolute atomic E-state index is 12.1. The van der Waals surface area contributed by atoms with Crippen LogP contribution in [0, 0.1) is 0 Å². The molecule has 1 aromatic carbocycles. The van der Waals surface area contributed by atoms with Gasteiger partial charge in [-0.15, -0.1) is 0 Å². The van der Waals surface area contributed by atoms with Crippen LogP contribution in [-0.2, 0) is 0 Å². The monoisotopic (exact) mass is 245 g/mol. The van der Waals surface area contributed by atoms with Crippen molar-refractivity contribution in [3.8, 4) is 5.75 Å². The minimum Gasteiger partial charge on any atom is -0.508 e. The van der Waals surface area contributed by atoms with Crippen LogP contribution < -0.4 is 0 Å². The number of benzene rings is 1. The van der Waals surface area contributed by atoms with Gasteiger partial charge < -0.3 is 10.0 Å². The van der Waals surface area contributed by atoms with E-state index in [0.29, 0.717) is 5.56 Å². The Kier molecular flexibility index (Phi) is 3.32. The van der Waals surface area contributed by atoms with Gasteiger partial charge in [0.15, 0.2) is 0 Å². The third-order valence-electron chi connectivity index (χ3n) is 2.99. The van der Waals surface area contributed by atoms with Crippen molar-refractivity contribution in [1.82, 2.24) is 14.5 Å². The highest BCUT2D eigenvalue weighted by atomic mass is 16.3. The molecule has 5 nitrogen and oxygen atoms in total. The van der Waals surface area contributed by atoms with Gasteiger partial charge in [-0.25, -0.2) is 9.78 Å². The molecule has 94 valence electrons. The van der Waals surface area contributed by atoms with Crippen LogP contribution in [0.1, 0.15) is 18.5 Å². The number of hydrogen-bond donors (Lipinski definition) is 1. The van der Waals surface area contributed by atoms with E-state index in [1.54, 1.807) is 42.5 Å². The van der Waals surface area contributed by atoms with E-state index in [0.717, 1.165) is 0 Å². The summed E-state index contributed by atoms with van der Waals surface area (Å²) >= 11 is 0. The molecule has 0 aliphatic heterocycles. The van der Waals surface area contributed by atoms with Crippen molar-refractivity contribution >= 4 is 6.03 Å². The van der Waals surface area contributed by atoms with Crippen LogP contribution in [0.4, 0.5) is 4.79 Å². The molecule has 0 radical (unpaired) electrons. The predicted molar refractivity (Wildman–Crippen MR) is 67.3 cm³/mol. The zero-order chi connectivity index (χ0) is 13.1. The smallest absolute Gasteiger partial charge is 0.329 e. The molecular weight excluding hydrogens is 230 g/mol. The van der Waals surface area contributed by atoms with Crippen molar-refractivity contribution in [2.45, 2.75) is 13.0 Å². The standard InChI is InChI=1S/C13H15N3O2/c1-10(11-5-3-4-6-12(11)17)15(2)13(18)16-8-7-14-9-16/h3-10,17H,1-2H3. The fourth-order valence-corrected chi connectivity index (χ4v) is 1.77. The lowest BCUT2D eigenvalue weighted by molar-refractivity contribution is 0.195. The number of imidazole rings is 1. The molecule has 0 saturated carbocycles. The Hall–Kier alpha value is -2.30. The Balaban J connectivity index is 2.22. The average Bonchev–Trinajstić information content (AvgIpc) is 2.90. The first kappa shape index (κ1) is 12.2. The first-order valence-electron chi connectivity index (χ1n) is 5.64. The number of rotatable bonds is 2. The van der Waals surface area contributed by atoms with Gasteiger partial charge in [0.2, 0.25) is 0 Å². The van der Waals surface area contributed by atoms with Crippen molar-refractivity contribution in [3.05, 3.63) is 48.5 Å². The van der Waals surface area contributed by atoms with E-state index in [-0.39, 0.29) is 17.8 Å². The summed E-state index contributed by atoms with van der Waals surface area (Å²) in [4.78, 5) is 17.5. The number of carbonyl (C=O) groups excluding carboxylic acids is 1. The maximum Gasteiger partial charge on any atom is 0.329 e. The molecule has 1 heterocycles. The van der Waals surface area contributed by atoms with Gasteiger partial charge in [0.1, 0.15) is 12.1 Å². The fraction of sp³-hybridized carbons (Fsp3) is 0.231. The zero-order valence-corrected chi connectivity index (χ0v) is 10.3. The van der Waals surface area contributed by atoms with Crippen LogP contribution in [0.25, 0.3) is 0 Å². The molecule has 0 spiro atoms. The molecule has 0 fully saturated rings. The molecule has 2 rings (SSSR count). The molecule has 1 aromatic heterocycles. The Bertz CT molecular complexity index is 537. The van der Waals surface area contributed by atoms with Crippen molar-refractivity contribution < 1.29 is 9.90 Å². The van der Waals surface area contributed by atoms with Gasteiger partial charge in [0, 0.05) is 25.0 Å². The van der Waals surface area contributed by atoms with Crippen LogP contribution in [0.5, 0.6) is 5.75 Å². The summed E-state index contributed by atoms with van der Waals surface area (Å²) in [6.45, 7) is 1.86. The minimum atomic E-state index is -0.221. The number of amides is 1. The minimum absolute atomic E-state index is 0.190. The van der Waals surface area contributed by atoms with E-state index in [2.05, 4.69) is 4.98 Å². The lowest BCUT2D eigenvalue weighted by atomic mass is 10.1. The van der Waals surface area contributed by atoms with E-state index in [9.17, 15) is 9.90 Å². The number of aromatic nitrogens is 2. The van der Waals surface area contributed by atoms with Gasteiger partial charge in [-0.05, 0) is 13.0 Å². The molecule has 0 bridgehead atoms. The summed E-state index contributed by atoms with van der Waals surface area (Å²) < 4.78 is 1.40. The second kappa shape index (κ2) is 4.91. The highest BCUT2D eigenvalue weighted by Crippen LogP contribution is 2.27.